The Balaban J connectivity index is 1.71. The minimum Gasteiger partial charge on any atom is -0.506 e. The lowest BCUT2D eigenvalue weighted by molar-refractivity contribution is 0.195. The summed E-state index contributed by atoms with van der Waals surface area (Å²) in [6, 6.07) is 6.01. The molecule has 0 spiro atoms. The van der Waals surface area contributed by atoms with Crippen LogP contribution in [0.5, 0.6) is 5.75 Å². The van der Waals surface area contributed by atoms with E-state index in [0.29, 0.717) is 11.1 Å². The van der Waals surface area contributed by atoms with Gasteiger partial charge in [0.1, 0.15) is 5.75 Å². The molecule has 112 valence electrons. The number of nitrogens with one attached hydrogen (secondary N) is 1. The predicted molar refractivity (Wildman–Crippen MR) is 84.3 cm³/mol. The van der Waals surface area contributed by atoms with Crippen molar-refractivity contribution in [2.75, 3.05) is 19.6 Å². The van der Waals surface area contributed by atoms with E-state index < -0.39 is 0 Å². The Kier molecular flexibility index (Phi) is 6.14. The monoisotopic (exact) mass is 296 g/mol. The number of benzene rings is 1. The largest absolute Gasteiger partial charge is 0.506 e. The van der Waals surface area contributed by atoms with Crippen LogP contribution in [0, 0.1) is 0 Å². The summed E-state index contributed by atoms with van der Waals surface area (Å²) in [5, 5.41) is 13.4. The maximum Gasteiger partial charge on any atom is 0.134 e. The van der Waals surface area contributed by atoms with Gasteiger partial charge in [0.15, 0.2) is 0 Å². The summed E-state index contributed by atoms with van der Waals surface area (Å²) >= 11 is 5.92. The van der Waals surface area contributed by atoms with Gasteiger partial charge in [-0.1, -0.05) is 31.0 Å². The maximum atomic E-state index is 9.40. The van der Waals surface area contributed by atoms with Crippen molar-refractivity contribution in [2.45, 2.75) is 45.2 Å². The van der Waals surface area contributed by atoms with Crippen LogP contribution in [0.3, 0.4) is 0 Å². The van der Waals surface area contributed by atoms with Crippen LogP contribution in [-0.4, -0.2) is 35.7 Å². The summed E-state index contributed by atoms with van der Waals surface area (Å²) in [5.74, 6) is 0.152. The van der Waals surface area contributed by atoms with Gasteiger partial charge < -0.3 is 15.3 Å². The highest BCUT2D eigenvalue weighted by Crippen LogP contribution is 2.23. The average Bonchev–Trinajstić information content (AvgIpc) is 2.47. The fourth-order valence-corrected chi connectivity index (χ4v) is 2.87. The van der Waals surface area contributed by atoms with Crippen LogP contribution in [0.15, 0.2) is 18.2 Å². The number of halogens is 1. The van der Waals surface area contributed by atoms with Gasteiger partial charge in [0.25, 0.3) is 0 Å². The van der Waals surface area contributed by atoms with Gasteiger partial charge in [0.2, 0.25) is 0 Å². The zero-order valence-electron chi connectivity index (χ0n) is 12.2. The number of phenols is 1. The zero-order valence-corrected chi connectivity index (χ0v) is 13.0. The number of aromatic hydroxyl groups is 1. The molecule has 1 aliphatic rings. The van der Waals surface area contributed by atoms with Gasteiger partial charge in [-0.3, -0.25) is 0 Å². The highest BCUT2D eigenvalue weighted by molar-refractivity contribution is 6.32. The molecular weight excluding hydrogens is 272 g/mol. The van der Waals surface area contributed by atoms with E-state index in [0.717, 1.165) is 12.1 Å². The van der Waals surface area contributed by atoms with Crippen molar-refractivity contribution >= 4 is 11.6 Å². The van der Waals surface area contributed by atoms with E-state index in [1.165, 1.54) is 45.3 Å². The second kappa shape index (κ2) is 7.87. The van der Waals surface area contributed by atoms with Crippen molar-refractivity contribution < 1.29 is 5.11 Å². The lowest BCUT2D eigenvalue weighted by atomic mass is 10.0. The molecule has 3 nitrogen and oxygen atoms in total. The minimum absolute atomic E-state index is 0.152. The first kappa shape index (κ1) is 15.6. The van der Waals surface area contributed by atoms with E-state index in [1.807, 2.05) is 12.1 Å². The Morgan fingerprint density at radius 1 is 1.35 bits per heavy atom. The molecule has 0 amide bonds. The van der Waals surface area contributed by atoms with Crippen molar-refractivity contribution in [3.63, 3.8) is 0 Å². The smallest absolute Gasteiger partial charge is 0.134 e. The van der Waals surface area contributed by atoms with E-state index in [2.05, 4.69) is 17.1 Å². The van der Waals surface area contributed by atoms with Crippen LogP contribution in [0.2, 0.25) is 5.02 Å². The van der Waals surface area contributed by atoms with E-state index in [4.69, 9.17) is 11.6 Å². The van der Waals surface area contributed by atoms with Crippen molar-refractivity contribution in [2.24, 2.45) is 0 Å². The Labute approximate surface area is 126 Å². The number of rotatable bonds is 6. The van der Waals surface area contributed by atoms with Gasteiger partial charge >= 0.3 is 0 Å². The Hall–Kier alpha value is -0.770. The molecule has 0 unspecified atom stereocenters. The van der Waals surface area contributed by atoms with Crippen LogP contribution in [0.1, 0.15) is 38.2 Å². The molecule has 1 aliphatic heterocycles. The molecule has 4 heteroatoms. The summed E-state index contributed by atoms with van der Waals surface area (Å²) in [4.78, 5) is 2.57. The van der Waals surface area contributed by atoms with Crippen molar-refractivity contribution in [1.82, 2.24) is 10.2 Å². The number of piperidine rings is 1. The fraction of sp³-hybridized carbons (Fsp3) is 0.625. The fourth-order valence-electron chi connectivity index (χ4n) is 2.66. The van der Waals surface area contributed by atoms with E-state index in [9.17, 15) is 5.11 Å². The lowest BCUT2D eigenvalue weighted by Gasteiger charge is -2.32. The van der Waals surface area contributed by atoms with Crippen LogP contribution in [-0.2, 0) is 6.54 Å². The Bertz CT molecular complexity index is 417. The van der Waals surface area contributed by atoms with Gasteiger partial charge in [-0.2, -0.15) is 0 Å². The van der Waals surface area contributed by atoms with Crippen LogP contribution in [0.4, 0.5) is 0 Å². The number of likely N-dealkylation sites (tertiary alicyclic amines) is 1. The SMILES string of the molecule is CCCCN1CCC(NCc2ccc(O)c(Cl)c2)CC1. The topological polar surface area (TPSA) is 35.5 Å². The summed E-state index contributed by atoms with van der Waals surface area (Å²) in [6.07, 6.45) is 5.02. The molecule has 1 heterocycles. The average molecular weight is 297 g/mol. The minimum atomic E-state index is 0.152. The molecule has 1 aromatic rings. The van der Waals surface area contributed by atoms with Crippen LogP contribution >= 0.6 is 11.6 Å². The standard InChI is InChI=1S/C16H25ClN2O/c1-2-3-8-19-9-6-14(7-10-19)18-12-13-4-5-16(20)15(17)11-13/h4-5,11,14,18,20H,2-3,6-10,12H2,1H3. The Morgan fingerprint density at radius 2 is 2.10 bits per heavy atom. The second-order valence-corrected chi connectivity index (χ2v) is 6.04. The van der Waals surface area contributed by atoms with Gasteiger partial charge in [-0.15, -0.1) is 0 Å². The van der Waals surface area contributed by atoms with Gasteiger partial charge in [-0.05, 0) is 56.6 Å². The van der Waals surface area contributed by atoms with E-state index in [-0.39, 0.29) is 5.75 Å². The molecule has 0 saturated carbocycles. The molecule has 0 aromatic heterocycles. The number of unbranched alkanes of at least 4 members (excludes halogenated alkanes) is 1. The number of hydrogen-bond donors (Lipinski definition) is 2. The normalized spacial score (nSPS) is 17.5. The molecule has 0 bridgehead atoms. The zero-order chi connectivity index (χ0) is 14.4. The third kappa shape index (κ3) is 4.65. The van der Waals surface area contributed by atoms with Crippen molar-refractivity contribution in [1.29, 1.82) is 0 Å². The molecular formula is C16H25ClN2O. The highest BCUT2D eigenvalue weighted by Gasteiger charge is 2.18. The molecule has 1 fully saturated rings. The lowest BCUT2D eigenvalue weighted by Crippen LogP contribution is -2.42. The van der Waals surface area contributed by atoms with Crippen molar-refractivity contribution in [3.8, 4) is 5.75 Å². The molecule has 0 atom stereocenters. The third-order valence-corrected chi connectivity index (χ3v) is 4.33. The molecule has 20 heavy (non-hydrogen) atoms. The summed E-state index contributed by atoms with van der Waals surface area (Å²) in [7, 11) is 0. The number of hydrogen-bond acceptors (Lipinski definition) is 3. The van der Waals surface area contributed by atoms with Crippen LogP contribution < -0.4 is 5.32 Å². The molecule has 2 N–H and O–H groups in total. The highest BCUT2D eigenvalue weighted by atomic mass is 35.5. The third-order valence-electron chi connectivity index (χ3n) is 4.02. The quantitative estimate of drug-likeness (QED) is 0.844. The van der Waals surface area contributed by atoms with Gasteiger partial charge in [0, 0.05) is 12.6 Å². The molecule has 0 radical (unpaired) electrons. The second-order valence-electron chi connectivity index (χ2n) is 5.64. The number of phenolic OH excluding ortho intramolecular Hbond substituents is 1. The Morgan fingerprint density at radius 3 is 2.75 bits per heavy atom. The van der Waals surface area contributed by atoms with Crippen molar-refractivity contribution in [3.05, 3.63) is 28.8 Å². The molecule has 2 rings (SSSR count). The first-order chi connectivity index (χ1) is 9.69. The number of nitrogens with zero attached hydrogens (tertiary/aromatic N) is 1. The summed E-state index contributed by atoms with van der Waals surface area (Å²) in [5.41, 5.74) is 1.13. The molecule has 1 aromatic carbocycles. The first-order valence-electron chi connectivity index (χ1n) is 7.62. The van der Waals surface area contributed by atoms with Crippen LogP contribution in [0.25, 0.3) is 0 Å². The predicted octanol–water partition coefficient (Wildman–Crippen LogP) is 3.40. The summed E-state index contributed by atoms with van der Waals surface area (Å²) in [6.45, 7) is 6.72. The van der Waals surface area contributed by atoms with E-state index in [1.54, 1.807) is 6.07 Å². The molecule has 0 aliphatic carbocycles. The first-order valence-corrected chi connectivity index (χ1v) is 8.00. The van der Waals surface area contributed by atoms with Gasteiger partial charge in [-0.25, -0.2) is 0 Å². The molecule has 1 saturated heterocycles. The van der Waals surface area contributed by atoms with Gasteiger partial charge in [0.05, 0.1) is 5.02 Å². The van der Waals surface area contributed by atoms with E-state index >= 15 is 0 Å². The maximum absolute atomic E-state index is 9.40. The summed E-state index contributed by atoms with van der Waals surface area (Å²) < 4.78 is 0.